The van der Waals surface area contributed by atoms with Crippen molar-refractivity contribution in [3.8, 4) is 0 Å². The number of halogens is 1. The second-order valence-electron chi connectivity index (χ2n) is 3.56. The van der Waals surface area contributed by atoms with Crippen LogP contribution >= 0.6 is 11.6 Å². The van der Waals surface area contributed by atoms with Crippen molar-refractivity contribution in [2.45, 2.75) is 33.6 Å². The van der Waals surface area contributed by atoms with E-state index in [1.165, 1.54) is 25.9 Å². The summed E-state index contributed by atoms with van der Waals surface area (Å²) >= 11 is 5.77. The number of hydrogen-bond donors (Lipinski definition) is 0. The first kappa shape index (κ1) is 12.2. The predicted molar refractivity (Wildman–Crippen MR) is 56.9 cm³/mol. The van der Waals surface area contributed by atoms with E-state index in [2.05, 4.69) is 25.7 Å². The Hall–Kier alpha value is 0.250. The molecule has 2 heteroatoms. The standard InChI is InChI=1S/C10H22ClN/c1-4-6-12(7-5-2)9-10(3)8-11/h10H,4-9H2,1-3H3. The van der Waals surface area contributed by atoms with Crippen LogP contribution in [0.4, 0.5) is 0 Å². The molecule has 0 aromatic carbocycles. The molecule has 0 bridgehead atoms. The van der Waals surface area contributed by atoms with E-state index in [1.54, 1.807) is 0 Å². The van der Waals surface area contributed by atoms with Gasteiger partial charge in [-0.25, -0.2) is 0 Å². The highest BCUT2D eigenvalue weighted by atomic mass is 35.5. The predicted octanol–water partition coefficient (Wildman–Crippen LogP) is 2.98. The van der Waals surface area contributed by atoms with Gasteiger partial charge in [-0.1, -0.05) is 20.8 Å². The number of alkyl halides is 1. The summed E-state index contributed by atoms with van der Waals surface area (Å²) in [6.07, 6.45) is 2.49. The van der Waals surface area contributed by atoms with Gasteiger partial charge in [-0.2, -0.15) is 0 Å². The van der Waals surface area contributed by atoms with E-state index in [-0.39, 0.29) is 0 Å². The molecule has 0 fully saturated rings. The number of rotatable bonds is 7. The van der Waals surface area contributed by atoms with Gasteiger partial charge in [0.05, 0.1) is 0 Å². The highest BCUT2D eigenvalue weighted by molar-refractivity contribution is 6.18. The Balaban J connectivity index is 3.61. The maximum atomic E-state index is 5.77. The Kier molecular flexibility index (Phi) is 8.04. The van der Waals surface area contributed by atoms with Crippen molar-refractivity contribution in [2.75, 3.05) is 25.5 Å². The largest absolute Gasteiger partial charge is 0.303 e. The molecular weight excluding hydrogens is 170 g/mol. The van der Waals surface area contributed by atoms with Gasteiger partial charge >= 0.3 is 0 Å². The SMILES string of the molecule is CCCN(CCC)CC(C)CCl. The molecule has 0 saturated carbocycles. The molecule has 1 atom stereocenters. The monoisotopic (exact) mass is 191 g/mol. The van der Waals surface area contributed by atoms with Crippen LogP contribution in [0.1, 0.15) is 33.6 Å². The molecule has 0 N–H and O–H groups in total. The first-order valence-electron chi connectivity index (χ1n) is 5.02. The van der Waals surface area contributed by atoms with Crippen LogP contribution in [0.3, 0.4) is 0 Å². The van der Waals surface area contributed by atoms with Crippen molar-refractivity contribution in [3.05, 3.63) is 0 Å². The van der Waals surface area contributed by atoms with Gasteiger partial charge in [-0.3, -0.25) is 0 Å². The van der Waals surface area contributed by atoms with Crippen LogP contribution < -0.4 is 0 Å². The summed E-state index contributed by atoms with van der Waals surface area (Å²) in [5, 5.41) is 0. The lowest BCUT2D eigenvalue weighted by Gasteiger charge is -2.23. The molecule has 0 aliphatic heterocycles. The molecule has 0 aromatic rings. The van der Waals surface area contributed by atoms with Gasteiger partial charge in [-0.05, 0) is 31.8 Å². The molecule has 1 unspecified atom stereocenters. The summed E-state index contributed by atoms with van der Waals surface area (Å²) in [6, 6.07) is 0. The quantitative estimate of drug-likeness (QED) is 0.560. The Morgan fingerprint density at radius 3 is 2.00 bits per heavy atom. The molecule has 0 aliphatic carbocycles. The van der Waals surface area contributed by atoms with E-state index in [4.69, 9.17) is 11.6 Å². The second-order valence-corrected chi connectivity index (χ2v) is 3.87. The third-order valence-electron chi connectivity index (χ3n) is 1.91. The van der Waals surface area contributed by atoms with E-state index in [1.807, 2.05) is 0 Å². The summed E-state index contributed by atoms with van der Waals surface area (Å²) in [4.78, 5) is 2.51. The zero-order chi connectivity index (χ0) is 9.40. The van der Waals surface area contributed by atoms with Gasteiger partial charge in [0.15, 0.2) is 0 Å². The van der Waals surface area contributed by atoms with Crippen LogP contribution in [0.15, 0.2) is 0 Å². The highest BCUT2D eigenvalue weighted by Gasteiger charge is 2.06. The molecule has 0 radical (unpaired) electrons. The second kappa shape index (κ2) is 7.88. The normalized spacial score (nSPS) is 13.8. The smallest absolute Gasteiger partial charge is 0.0261 e. The topological polar surface area (TPSA) is 3.24 Å². The van der Waals surface area contributed by atoms with Crippen LogP contribution in [-0.4, -0.2) is 30.4 Å². The van der Waals surface area contributed by atoms with E-state index in [0.29, 0.717) is 5.92 Å². The van der Waals surface area contributed by atoms with Gasteiger partial charge in [0, 0.05) is 12.4 Å². The first-order valence-corrected chi connectivity index (χ1v) is 5.56. The molecule has 74 valence electrons. The average molecular weight is 192 g/mol. The van der Waals surface area contributed by atoms with E-state index >= 15 is 0 Å². The molecule has 0 saturated heterocycles. The van der Waals surface area contributed by atoms with Crippen LogP contribution in [0, 0.1) is 5.92 Å². The summed E-state index contributed by atoms with van der Waals surface area (Å²) in [5.74, 6) is 1.41. The fourth-order valence-corrected chi connectivity index (χ4v) is 1.51. The molecule has 12 heavy (non-hydrogen) atoms. The maximum Gasteiger partial charge on any atom is 0.0261 e. The third kappa shape index (κ3) is 5.84. The number of hydrogen-bond acceptors (Lipinski definition) is 1. The Labute approximate surface area is 82.1 Å². The molecular formula is C10H22ClN. The lowest BCUT2D eigenvalue weighted by Crippen LogP contribution is -2.30. The molecule has 0 aliphatic rings. The van der Waals surface area contributed by atoms with Crippen molar-refractivity contribution in [2.24, 2.45) is 5.92 Å². The first-order chi connectivity index (χ1) is 5.74. The zero-order valence-electron chi connectivity index (χ0n) is 8.65. The number of nitrogens with zero attached hydrogens (tertiary/aromatic N) is 1. The molecule has 0 rings (SSSR count). The molecule has 0 aromatic heterocycles. The molecule has 0 heterocycles. The van der Waals surface area contributed by atoms with Gasteiger partial charge in [0.2, 0.25) is 0 Å². The van der Waals surface area contributed by atoms with Crippen LogP contribution in [0.5, 0.6) is 0 Å². The van der Waals surface area contributed by atoms with E-state index < -0.39 is 0 Å². The maximum absolute atomic E-state index is 5.77. The lowest BCUT2D eigenvalue weighted by molar-refractivity contribution is 0.246. The summed E-state index contributed by atoms with van der Waals surface area (Å²) in [6.45, 7) is 10.3. The fourth-order valence-electron chi connectivity index (χ4n) is 1.42. The zero-order valence-corrected chi connectivity index (χ0v) is 9.40. The van der Waals surface area contributed by atoms with Gasteiger partial charge < -0.3 is 4.90 Å². The average Bonchev–Trinajstić information content (AvgIpc) is 2.05. The van der Waals surface area contributed by atoms with Gasteiger partial charge in [-0.15, -0.1) is 11.6 Å². The minimum absolute atomic E-state index is 0.629. The highest BCUT2D eigenvalue weighted by Crippen LogP contribution is 2.03. The summed E-state index contributed by atoms with van der Waals surface area (Å²) in [7, 11) is 0. The van der Waals surface area contributed by atoms with Crippen LogP contribution in [0.2, 0.25) is 0 Å². The Bertz CT molecular complexity index is 89.8. The van der Waals surface area contributed by atoms with Crippen molar-refractivity contribution in [3.63, 3.8) is 0 Å². The van der Waals surface area contributed by atoms with E-state index in [0.717, 1.165) is 12.4 Å². The van der Waals surface area contributed by atoms with Crippen LogP contribution in [0.25, 0.3) is 0 Å². The van der Waals surface area contributed by atoms with Crippen molar-refractivity contribution in [1.29, 1.82) is 0 Å². The van der Waals surface area contributed by atoms with Crippen molar-refractivity contribution in [1.82, 2.24) is 4.90 Å². The molecule has 0 amide bonds. The van der Waals surface area contributed by atoms with Gasteiger partial charge in [0.1, 0.15) is 0 Å². The Morgan fingerprint density at radius 1 is 1.17 bits per heavy atom. The fraction of sp³-hybridized carbons (Fsp3) is 1.00. The van der Waals surface area contributed by atoms with Crippen LogP contribution in [-0.2, 0) is 0 Å². The Morgan fingerprint density at radius 2 is 1.67 bits per heavy atom. The minimum atomic E-state index is 0.629. The van der Waals surface area contributed by atoms with Crippen molar-refractivity contribution < 1.29 is 0 Å². The van der Waals surface area contributed by atoms with E-state index in [9.17, 15) is 0 Å². The summed E-state index contributed by atoms with van der Waals surface area (Å²) in [5.41, 5.74) is 0. The molecule has 1 nitrogen and oxygen atoms in total. The minimum Gasteiger partial charge on any atom is -0.303 e. The lowest BCUT2D eigenvalue weighted by atomic mass is 10.2. The van der Waals surface area contributed by atoms with Crippen molar-refractivity contribution >= 4 is 11.6 Å². The molecule has 0 spiro atoms. The van der Waals surface area contributed by atoms with Gasteiger partial charge in [0.25, 0.3) is 0 Å². The third-order valence-corrected chi connectivity index (χ3v) is 2.44. The summed E-state index contributed by atoms with van der Waals surface area (Å²) < 4.78 is 0.